The Bertz CT molecular complexity index is 516. The molecule has 1 N–H and O–H groups in total. The third-order valence-electron chi connectivity index (χ3n) is 3.94. The molecule has 1 aliphatic carbocycles. The summed E-state index contributed by atoms with van der Waals surface area (Å²) in [4.78, 5) is 26.2. The van der Waals surface area contributed by atoms with Crippen molar-refractivity contribution < 1.29 is 14.0 Å². The van der Waals surface area contributed by atoms with Crippen LogP contribution in [0.4, 0.5) is 4.39 Å². The SMILES string of the molecule is O=C1NC(C2CC2)C(=O)N(CCF)C1c1ccccc1. The zero-order valence-corrected chi connectivity index (χ0v) is 11.1. The number of carbonyl (C=O) groups is 2. The first kappa shape index (κ1) is 13.1. The van der Waals surface area contributed by atoms with Gasteiger partial charge in [-0.15, -0.1) is 0 Å². The third-order valence-corrected chi connectivity index (χ3v) is 3.94. The lowest BCUT2D eigenvalue weighted by atomic mass is 9.98. The molecule has 1 aromatic carbocycles. The molecule has 1 saturated carbocycles. The Kier molecular flexibility index (Phi) is 3.42. The summed E-state index contributed by atoms with van der Waals surface area (Å²) < 4.78 is 12.8. The fraction of sp³-hybridized carbons (Fsp3) is 0.467. The van der Waals surface area contributed by atoms with Crippen LogP contribution in [0.2, 0.25) is 0 Å². The molecule has 2 fully saturated rings. The molecule has 20 heavy (non-hydrogen) atoms. The second-order valence-corrected chi connectivity index (χ2v) is 5.36. The van der Waals surface area contributed by atoms with Crippen molar-refractivity contribution >= 4 is 11.8 Å². The van der Waals surface area contributed by atoms with E-state index < -0.39 is 18.8 Å². The van der Waals surface area contributed by atoms with Crippen LogP contribution in [0, 0.1) is 5.92 Å². The van der Waals surface area contributed by atoms with Gasteiger partial charge in [0.2, 0.25) is 11.8 Å². The zero-order chi connectivity index (χ0) is 14.1. The Labute approximate surface area is 117 Å². The fourth-order valence-corrected chi connectivity index (χ4v) is 2.79. The second-order valence-electron chi connectivity index (χ2n) is 5.36. The fourth-order valence-electron chi connectivity index (χ4n) is 2.79. The Balaban J connectivity index is 1.91. The van der Waals surface area contributed by atoms with Gasteiger partial charge in [0, 0.05) is 0 Å². The van der Waals surface area contributed by atoms with Crippen LogP contribution in [0.1, 0.15) is 24.4 Å². The molecule has 0 bridgehead atoms. The molecule has 2 atom stereocenters. The Morgan fingerprint density at radius 3 is 2.50 bits per heavy atom. The van der Waals surface area contributed by atoms with Crippen LogP contribution in [0.15, 0.2) is 30.3 Å². The molecule has 0 spiro atoms. The van der Waals surface area contributed by atoms with Gasteiger partial charge in [0.15, 0.2) is 0 Å². The number of nitrogens with zero attached hydrogens (tertiary/aromatic N) is 1. The quantitative estimate of drug-likeness (QED) is 0.904. The van der Waals surface area contributed by atoms with E-state index in [1.807, 2.05) is 18.2 Å². The Morgan fingerprint density at radius 2 is 1.90 bits per heavy atom. The maximum atomic E-state index is 12.8. The van der Waals surface area contributed by atoms with Crippen molar-refractivity contribution in [3.05, 3.63) is 35.9 Å². The molecule has 2 aliphatic rings. The van der Waals surface area contributed by atoms with Crippen LogP contribution in [0.3, 0.4) is 0 Å². The molecule has 0 radical (unpaired) electrons. The molecule has 1 aromatic rings. The summed E-state index contributed by atoms with van der Waals surface area (Å²) >= 11 is 0. The number of nitrogens with one attached hydrogen (secondary N) is 1. The predicted octanol–water partition coefficient (Wildman–Crippen LogP) is 1.43. The van der Waals surface area contributed by atoms with Crippen LogP contribution in [-0.2, 0) is 9.59 Å². The zero-order valence-electron chi connectivity index (χ0n) is 11.1. The average Bonchev–Trinajstić information content (AvgIpc) is 3.28. The van der Waals surface area contributed by atoms with E-state index in [4.69, 9.17) is 0 Å². The Hall–Kier alpha value is -1.91. The van der Waals surface area contributed by atoms with Gasteiger partial charge in [-0.1, -0.05) is 30.3 Å². The van der Waals surface area contributed by atoms with Gasteiger partial charge < -0.3 is 10.2 Å². The van der Waals surface area contributed by atoms with E-state index in [0.717, 1.165) is 18.4 Å². The minimum Gasteiger partial charge on any atom is -0.342 e. The van der Waals surface area contributed by atoms with Crippen LogP contribution >= 0.6 is 0 Å². The molecule has 106 valence electrons. The summed E-state index contributed by atoms with van der Waals surface area (Å²) in [5.41, 5.74) is 0.723. The number of amides is 2. The lowest BCUT2D eigenvalue weighted by Gasteiger charge is -2.38. The van der Waals surface area contributed by atoms with Crippen molar-refractivity contribution in [3.63, 3.8) is 0 Å². The number of hydrogen-bond donors (Lipinski definition) is 1. The number of piperazine rings is 1. The summed E-state index contributed by atoms with van der Waals surface area (Å²) in [5, 5.41) is 2.81. The molecular weight excluding hydrogens is 259 g/mol. The van der Waals surface area contributed by atoms with Gasteiger partial charge in [-0.3, -0.25) is 9.59 Å². The molecular formula is C15H17FN2O2. The first-order valence-corrected chi connectivity index (χ1v) is 6.94. The van der Waals surface area contributed by atoms with Gasteiger partial charge in [0.05, 0.1) is 6.54 Å². The molecule has 2 amide bonds. The summed E-state index contributed by atoms with van der Waals surface area (Å²) in [6.45, 7) is -0.672. The third kappa shape index (κ3) is 2.28. The first-order valence-electron chi connectivity index (χ1n) is 6.94. The number of carbonyl (C=O) groups excluding carboxylic acids is 2. The van der Waals surface area contributed by atoms with E-state index in [9.17, 15) is 14.0 Å². The topological polar surface area (TPSA) is 49.4 Å². The van der Waals surface area contributed by atoms with Crippen molar-refractivity contribution in [3.8, 4) is 0 Å². The van der Waals surface area contributed by atoms with Crippen molar-refractivity contribution in [2.75, 3.05) is 13.2 Å². The highest BCUT2D eigenvalue weighted by Crippen LogP contribution is 2.37. The number of benzene rings is 1. The van der Waals surface area contributed by atoms with Gasteiger partial charge in [-0.2, -0.15) is 0 Å². The van der Waals surface area contributed by atoms with E-state index >= 15 is 0 Å². The van der Waals surface area contributed by atoms with Crippen molar-refractivity contribution in [2.45, 2.75) is 24.9 Å². The summed E-state index contributed by atoms with van der Waals surface area (Å²) in [6.07, 6.45) is 1.91. The monoisotopic (exact) mass is 276 g/mol. The predicted molar refractivity (Wildman–Crippen MR) is 71.5 cm³/mol. The molecule has 2 unspecified atom stereocenters. The molecule has 4 nitrogen and oxygen atoms in total. The van der Waals surface area contributed by atoms with Gasteiger partial charge in [0.1, 0.15) is 18.8 Å². The number of alkyl halides is 1. The van der Waals surface area contributed by atoms with Crippen molar-refractivity contribution in [1.29, 1.82) is 0 Å². The summed E-state index contributed by atoms with van der Waals surface area (Å²) in [7, 11) is 0. The average molecular weight is 276 g/mol. The molecule has 1 saturated heterocycles. The van der Waals surface area contributed by atoms with Gasteiger partial charge >= 0.3 is 0 Å². The first-order chi connectivity index (χ1) is 9.72. The largest absolute Gasteiger partial charge is 0.342 e. The van der Waals surface area contributed by atoms with Crippen molar-refractivity contribution in [1.82, 2.24) is 10.2 Å². The number of halogens is 1. The molecule has 1 heterocycles. The van der Waals surface area contributed by atoms with E-state index in [1.54, 1.807) is 12.1 Å². The summed E-state index contributed by atoms with van der Waals surface area (Å²) in [5.74, 6) is -0.134. The van der Waals surface area contributed by atoms with E-state index in [0.29, 0.717) is 0 Å². The molecule has 0 aromatic heterocycles. The highest BCUT2D eigenvalue weighted by Gasteiger charge is 2.47. The van der Waals surface area contributed by atoms with Crippen molar-refractivity contribution in [2.24, 2.45) is 5.92 Å². The highest BCUT2D eigenvalue weighted by atomic mass is 19.1. The van der Waals surface area contributed by atoms with Gasteiger partial charge in [-0.25, -0.2) is 4.39 Å². The summed E-state index contributed by atoms with van der Waals surface area (Å²) in [6, 6.07) is 7.88. The smallest absolute Gasteiger partial charge is 0.248 e. The normalized spacial score (nSPS) is 26.6. The molecule has 1 aliphatic heterocycles. The Morgan fingerprint density at radius 1 is 1.20 bits per heavy atom. The number of rotatable bonds is 4. The van der Waals surface area contributed by atoms with E-state index in [2.05, 4.69) is 5.32 Å². The van der Waals surface area contributed by atoms with Crippen LogP contribution in [0.25, 0.3) is 0 Å². The van der Waals surface area contributed by atoms with Crippen LogP contribution < -0.4 is 5.32 Å². The minimum absolute atomic E-state index is 0.0327. The molecule has 3 rings (SSSR count). The van der Waals surface area contributed by atoms with E-state index in [-0.39, 0.29) is 24.3 Å². The molecule has 5 heteroatoms. The standard InChI is InChI=1S/C15H17FN2O2/c16-8-9-18-13(11-4-2-1-3-5-11)14(19)17-12(15(18)20)10-6-7-10/h1-5,10,12-13H,6-9H2,(H,17,19). The van der Waals surface area contributed by atoms with E-state index in [1.165, 1.54) is 4.90 Å². The highest BCUT2D eigenvalue weighted by molar-refractivity contribution is 5.97. The maximum Gasteiger partial charge on any atom is 0.248 e. The van der Waals surface area contributed by atoms with Gasteiger partial charge in [-0.05, 0) is 24.3 Å². The van der Waals surface area contributed by atoms with Crippen LogP contribution in [-0.4, -0.2) is 36.0 Å². The van der Waals surface area contributed by atoms with Crippen LogP contribution in [0.5, 0.6) is 0 Å². The second kappa shape index (κ2) is 5.23. The lowest BCUT2D eigenvalue weighted by Crippen LogP contribution is -2.60. The lowest BCUT2D eigenvalue weighted by molar-refractivity contribution is -0.150. The number of hydrogen-bond acceptors (Lipinski definition) is 2. The minimum atomic E-state index is -0.713. The maximum absolute atomic E-state index is 12.8. The van der Waals surface area contributed by atoms with Gasteiger partial charge in [0.25, 0.3) is 0 Å².